The summed E-state index contributed by atoms with van der Waals surface area (Å²) in [4.78, 5) is 28.5. The van der Waals surface area contributed by atoms with Gasteiger partial charge in [0, 0.05) is 17.9 Å². The molecule has 0 bridgehead atoms. The molecular formula is C12H21O6Y. The van der Waals surface area contributed by atoms with Crippen LogP contribution in [0.25, 0.3) is 0 Å². The van der Waals surface area contributed by atoms with E-state index in [0.29, 0.717) is 19.3 Å². The van der Waals surface area contributed by atoms with Crippen LogP contribution in [0.2, 0.25) is 0 Å². The third kappa shape index (κ3) is 58.2. The van der Waals surface area contributed by atoms with Gasteiger partial charge in [-0.15, -0.1) is 0 Å². The van der Waals surface area contributed by atoms with E-state index in [1.165, 1.54) is 0 Å². The standard InChI is InChI=1S/3C4H8O2.Y/c3*1-2-3-4(5)6;/h3*2-3H2,1H3,(H,5,6);/q;;;+3/p-3. The van der Waals surface area contributed by atoms with E-state index in [1.54, 1.807) is 20.8 Å². The molecule has 0 aliphatic rings. The zero-order chi connectivity index (χ0) is 15.0. The maximum Gasteiger partial charge on any atom is 3.00 e. The van der Waals surface area contributed by atoms with Crippen molar-refractivity contribution in [2.45, 2.75) is 59.3 Å². The van der Waals surface area contributed by atoms with E-state index in [1.807, 2.05) is 0 Å². The summed E-state index contributed by atoms with van der Waals surface area (Å²) in [5.41, 5.74) is 0. The van der Waals surface area contributed by atoms with Crippen LogP contribution in [0.5, 0.6) is 0 Å². The van der Waals surface area contributed by atoms with Gasteiger partial charge >= 0.3 is 32.7 Å². The van der Waals surface area contributed by atoms with E-state index in [4.69, 9.17) is 0 Å². The molecule has 0 aliphatic heterocycles. The van der Waals surface area contributed by atoms with E-state index in [0.717, 1.165) is 0 Å². The van der Waals surface area contributed by atoms with Crippen molar-refractivity contribution in [1.82, 2.24) is 0 Å². The first kappa shape index (κ1) is 27.0. The van der Waals surface area contributed by atoms with Crippen LogP contribution in [0, 0.1) is 0 Å². The molecule has 6 nitrogen and oxygen atoms in total. The number of carbonyl (C=O) groups is 3. The molecule has 7 heteroatoms. The van der Waals surface area contributed by atoms with Crippen LogP contribution in [-0.2, 0) is 47.1 Å². The molecule has 0 aromatic carbocycles. The van der Waals surface area contributed by atoms with Gasteiger partial charge in [-0.3, -0.25) is 0 Å². The molecule has 0 N–H and O–H groups in total. The molecule has 0 rings (SSSR count). The van der Waals surface area contributed by atoms with Gasteiger partial charge in [0.25, 0.3) is 0 Å². The Kier molecular flexibility index (Phi) is 32.2. The zero-order valence-electron chi connectivity index (χ0n) is 11.8. The van der Waals surface area contributed by atoms with E-state index >= 15 is 0 Å². The largest absolute Gasteiger partial charge is 3.00 e. The molecule has 0 fully saturated rings. The minimum atomic E-state index is -0.961. The minimum absolute atomic E-state index is 0. The summed E-state index contributed by atoms with van der Waals surface area (Å²) in [5, 5.41) is 28.5. The quantitative estimate of drug-likeness (QED) is 0.581. The molecule has 0 unspecified atom stereocenters. The first-order valence-corrected chi connectivity index (χ1v) is 5.91. The summed E-state index contributed by atoms with van der Waals surface area (Å²) in [6.07, 6.45) is 2.55. The van der Waals surface area contributed by atoms with Gasteiger partial charge in [0.2, 0.25) is 0 Å². The normalized spacial score (nSPS) is 7.74. The third-order valence-electron chi connectivity index (χ3n) is 1.36. The molecule has 108 valence electrons. The molecule has 0 atom stereocenters. The molecule has 0 radical (unpaired) electrons. The average molecular weight is 350 g/mol. The fourth-order valence-corrected chi connectivity index (χ4v) is 0.612. The summed E-state index contributed by atoms with van der Waals surface area (Å²) < 4.78 is 0. The van der Waals surface area contributed by atoms with Gasteiger partial charge in [0.1, 0.15) is 0 Å². The average Bonchev–Trinajstić information content (AvgIpc) is 2.18. The van der Waals surface area contributed by atoms with Crippen molar-refractivity contribution in [1.29, 1.82) is 0 Å². The van der Waals surface area contributed by atoms with Crippen LogP contribution in [0.15, 0.2) is 0 Å². The SMILES string of the molecule is CCCC(=O)[O-].CCCC(=O)[O-].CCCC(=O)[O-].[Y+3]. The van der Waals surface area contributed by atoms with Gasteiger partial charge in [-0.1, -0.05) is 40.0 Å². The Bertz CT molecular complexity index is 192. The molecule has 0 aromatic rings. The fourth-order valence-electron chi connectivity index (χ4n) is 0.612. The van der Waals surface area contributed by atoms with E-state index in [9.17, 15) is 29.7 Å². The summed E-state index contributed by atoms with van der Waals surface area (Å²) in [6.45, 7) is 5.40. The summed E-state index contributed by atoms with van der Waals surface area (Å²) in [6, 6.07) is 0. The number of hydrogen-bond donors (Lipinski definition) is 0. The Labute approximate surface area is 139 Å². The number of hydrogen-bond acceptors (Lipinski definition) is 6. The Morgan fingerprint density at radius 3 is 0.789 bits per heavy atom. The van der Waals surface area contributed by atoms with E-state index in [-0.39, 0.29) is 52.0 Å². The van der Waals surface area contributed by atoms with Crippen molar-refractivity contribution in [2.75, 3.05) is 0 Å². The summed E-state index contributed by atoms with van der Waals surface area (Å²) >= 11 is 0. The van der Waals surface area contributed by atoms with Gasteiger partial charge < -0.3 is 29.7 Å². The molecule has 0 aromatic heterocycles. The number of rotatable bonds is 6. The van der Waals surface area contributed by atoms with Crippen molar-refractivity contribution in [3.63, 3.8) is 0 Å². The van der Waals surface area contributed by atoms with Crippen molar-refractivity contribution in [3.8, 4) is 0 Å². The predicted molar refractivity (Wildman–Crippen MR) is 59.7 cm³/mol. The zero-order valence-corrected chi connectivity index (χ0v) is 14.6. The van der Waals surface area contributed by atoms with Crippen LogP contribution in [-0.4, -0.2) is 17.9 Å². The number of carboxylic acid groups (broad SMARTS) is 3. The van der Waals surface area contributed by atoms with Gasteiger partial charge in [-0.05, 0) is 19.3 Å². The number of carbonyl (C=O) groups excluding carboxylic acids is 3. The van der Waals surface area contributed by atoms with Crippen molar-refractivity contribution < 1.29 is 62.4 Å². The topological polar surface area (TPSA) is 120 Å². The van der Waals surface area contributed by atoms with Crippen molar-refractivity contribution in [3.05, 3.63) is 0 Å². The van der Waals surface area contributed by atoms with Gasteiger partial charge in [0.05, 0.1) is 0 Å². The van der Waals surface area contributed by atoms with E-state index in [2.05, 4.69) is 0 Å². The Hall–Kier alpha value is -0.486. The monoisotopic (exact) mass is 350 g/mol. The third-order valence-corrected chi connectivity index (χ3v) is 1.36. The first-order chi connectivity index (χ1) is 8.31. The molecule has 0 spiro atoms. The molecular weight excluding hydrogens is 329 g/mol. The second-order valence-corrected chi connectivity index (χ2v) is 3.37. The Morgan fingerprint density at radius 1 is 0.632 bits per heavy atom. The molecule has 0 amide bonds. The van der Waals surface area contributed by atoms with Gasteiger partial charge in [-0.25, -0.2) is 0 Å². The van der Waals surface area contributed by atoms with Crippen LogP contribution >= 0.6 is 0 Å². The molecule has 0 saturated carbocycles. The maximum atomic E-state index is 9.49. The first-order valence-electron chi connectivity index (χ1n) is 5.91. The van der Waals surface area contributed by atoms with E-state index < -0.39 is 17.9 Å². The Balaban J connectivity index is -0.0000000865. The minimum Gasteiger partial charge on any atom is -0.550 e. The summed E-state index contributed by atoms with van der Waals surface area (Å²) in [7, 11) is 0. The molecule has 0 saturated heterocycles. The van der Waals surface area contributed by atoms with Crippen LogP contribution < -0.4 is 15.3 Å². The fraction of sp³-hybridized carbons (Fsp3) is 0.750. The molecule has 19 heavy (non-hydrogen) atoms. The molecule has 0 heterocycles. The Morgan fingerprint density at radius 2 is 0.789 bits per heavy atom. The second kappa shape index (κ2) is 22.7. The van der Waals surface area contributed by atoms with Crippen LogP contribution in [0.4, 0.5) is 0 Å². The maximum absolute atomic E-state index is 9.49. The summed E-state index contributed by atoms with van der Waals surface area (Å²) in [5.74, 6) is -2.88. The molecule has 0 aliphatic carbocycles. The van der Waals surface area contributed by atoms with Gasteiger partial charge in [0.15, 0.2) is 0 Å². The number of aliphatic carboxylic acids is 3. The van der Waals surface area contributed by atoms with Crippen LogP contribution in [0.1, 0.15) is 59.3 Å². The van der Waals surface area contributed by atoms with Crippen molar-refractivity contribution >= 4 is 17.9 Å². The number of carboxylic acids is 3. The van der Waals surface area contributed by atoms with Gasteiger partial charge in [-0.2, -0.15) is 0 Å². The van der Waals surface area contributed by atoms with Crippen molar-refractivity contribution in [2.24, 2.45) is 0 Å². The second-order valence-electron chi connectivity index (χ2n) is 3.37. The smallest absolute Gasteiger partial charge is 0.550 e. The predicted octanol–water partition coefficient (Wildman–Crippen LogP) is -1.39. The van der Waals surface area contributed by atoms with Crippen LogP contribution in [0.3, 0.4) is 0 Å².